The number of esters is 1. The Morgan fingerprint density at radius 2 is 1.52 bits per heavy atom. The number of carbonyl (C=O) groups is 3. The normalized spacial score (nSPS) is 15.3. The summed E-state index contributed by atoms with van der Waals surface area (Å²) in [4.78, 5) is 39.0. The highest BCUT2D eigenvalue weighted by molar-refractivity contribution is 6.09. The summed E-state index contributed by atoms with van der Waals surface area (Å²) < 4.78 is 5.22. The lowest BCUT2D eigenvalue weighted by Crippen LogP contribution is -2.45. The summed E-state index contributed by atoms with van der Waals surface area (Å²) in [6.07, 6.45) is 4.13. The van der Waals surface area contributed by atoms with Crippen molar-refractivity contribution in [3.8, 4) is 0 Å². The van der Waals surface area contributed by atoms with Crippen molar-refractivity contribution < 1.29 is 19.1 Å². The zero-order valence-corrected chi connectivity index (χ0v) is 16.6. The van der Waals surface area contributed by atoms with Crippen LogP contribution in [0, 0.1) is 0 Å². The Morgan fingerprint density at radius 1 is 0.931 bits per heavy atom. The van der Waals surface area contributed by atoms with Crippen molar-refractivity contribution in [2.45, 2.75) is 44.6 Å². The van der Waals surface area contributed by atoms with Crippen LogP contribution in [-0.2, 0) is 19.9 Å². The van der Waals surface area contributed by atoms with Crippen LogP contribution in [0.4, 0.5) is 4.79 Å². The lowest BCUT2D eigenvalue weighted by atomic mass is 9.83. The number of unbranched alkanes of at least 4 members (excludes halogenated alkanes) is 3. The minimum absolute atomic E-state index is 0.284. The van der Waals surface area contributed by atoms with Crippen LogP contribution in [0.15, 0.2) is 60.7 Å². The highest BCUT2D eigenvalue weighted by Crippen LogP contribution is 2.35. The van der Waals surface area contributed by atoms with E-state index in [1.165, 1.54) is 0 Å². The van der Waals surface area contributed by atoms with Crippen molar-refractivity contribution in [1.29, 1.82) is 0 Å². The molecule has 3 rings (SSSR count). The number of imide groups is 1. The summed E-state index contributed by atoms with van der Waals surface area (Å²) in [6.45, 7) is 1.71. The molecule has 29 heavy (non-hydrogen) atoms. The van der Waals surface area contributed by atoms with E-state index in [0.29, 0.717) is 11.1 Å². The molecular formula is C23H26N2O4. The number of urea groups is 1. The van der Waals surface area contributed by atoms with Crippen LogP contribution in [0.2, 0.25) is 0 Å². The Morgan fingerprint density at radius 3 is 2.07 bits per heavy atom. The van der Waals surface area contributed by atoms with E-state index >= 15 is 0 Å². The van der Waals surface area contributed by atoms with Gasteiger partial charge >= 0.3 is 12.0 Å². The molecule has 2 aromatic rings. The van der Waals surface area contributed by atoms with Crippen LogP contribution in [0.1, 0.15) is 50.2 Å². The van der Waals surface area contributed by atoms with Gasteiger partial charge in [0.05, 0.1) is 0 Å². The number of ether oxygens (including phenoxy) is 1. The fourth-order valence-corrected chi connectivity index (χ4v) is 3.53. The average molecular weight is 394 g/mol. The molecule has 2 aromatic carbocycles. The molecule has 1 heterocycles. The number of nitrogens with one attached hydrogen (secondary N) is 1. The third kappa shape index (κ3) is 4.31. The lowest BCUT2D eigenvalue weighted by molar-refractivity contribution is -0.150. The third-order valence-electron chi connectivity index (χ3n) is 5.11. The molecule has 1 N–H and O–H groups in total. The van der Waals surface area contributed by atoms with E-state index in [-0.39, 0.29) is 6.42 Å². The summed E-state index contributed by atoms with van der Waals surface area (Å²) >= 11 is 0. The number of amides is 3. The van der Waals surface area contributed by atoms with Crippen LogP contribution in [0.25, 0.3) is 0 Å². The summed E-state index contributed by atoms with van der Waals surface area (Å²) in [6, 6.07) is 17.6. The van der Waals surface area contributed by atoms with E-state index in [2.05, 4.69) is 12.2 Å². The zero-order valence-electron chi connectivity index (χ0n) is 16.6. The van der Waals surface area contributed by atoms with Gasteiger partial charge in [-0.1, -0.05) is 86.8 Å². The molecule has 1 fully saturated rings. The number of benzene rings is 2. The predicted molar refractivity (Wildman–Crippen MR) is 109 cm³/mol. The van der Waals surface area contributed by atoms with Crippen molar-refractivity contribution in [3.05, 3.63) is 71.8 Å². The maximum Gasteiger partial charge on any atom is 0.328 e. The summed E-state index contributed by atoms with van der Waals surface area (Å²) in [7, 11) is 0. The predicted octanol–water partition coefficient (Wildman–Crippen LogP) is 3.95. The van der Waals surface area contributed by atoms with E-state index in [9.17, 15) is 14.4 Å². The number of nitrogens with zero attached hydrogens (tertiary/aromatic N) is 1. The van der Waals surface area contributed by atoms with Gasteiger partial charge in [-0.15, -0.1) is 0 Å². The molecule has 0 saturated carbocycles. The molecule has 6 nitrogen and oxygen atoms in total. The summed E-state index contributed by atoms with van der Waals surface area (Å²) in [5.74, 6) is -0.864. The number of hydrogen-bond donors (Lipinski definition) is 1. The minimum atomic E-state index is -1.34. The maximum atomic E-state index is 13.4. The average Bonchev–Trinajstić information content (AvgIpc) is 3.01. The molecule has 0 unspecified atom stereocenters. The topological polar surface area (TPSA) is 75.7 Å². The molecule has 1 saturated heterocycles. The zero-order chi connectivity index (χ0) is 20.7. The first-order valence-electron chi connectivity index (χ1n) is 10.0. The van der Waals surface area contributed by atoms with Gasteiger partial charge in [0.2, 0.25) is 0 Å². The SMILES string of the molecule is CCCCCCC(=O)OCN1C(=O)NC(c2ccccc2)(c2ccccc2)C1=O. The largest absolute Gasteiger partial charge is 0.444 e. The second kappa shape index (κ2) is 9.37. The van der Waals surface area contributed by atoms with Gasteiger partial charge in [-0.25, -0.2) is 9.69 Å². The summed E-state index contributed by atoms with van der Waals surface area (Å²) in [5, 5.41) is 2.83. The van der Waals surface area contributed by atoms with E-state index in [0.717, 1.165) is 30.6 Å². The van der Waals surface area contributed by atoms with Gasteiger partial charge in [0, 0.05) is 6.42 Å². The Kier molecular flexibility index (Phi) is 6.65. The molecular weight excluding hydrogens is 368 g/mol. The monoisotopic (exact) mass is 394 g/mol. The minimum Gasteiger partial charge on any atom is -0.444 e. The molecule has 6 heteroatoms. The van der Waals surface area contributed by atoms with Crippen LogP contribution < -0.4 is 5.32 Å². The number of carbonyl (C=O) groups excluding carboxylic acids is 3. The fraction of sp³-hybridized carbons (Fsp3) is 0.348. The Labute approximate surface area is 170 Å². The number of hydrogen-bond acceptors (Lipinski definition) is 4. The van der Waals surface area contributed by atoms with Gasteiger partial charge in [-0.3, -0.25) is 9.59 Å². The van der Waals surface area contributed by atoms with E-state index < -0.39 is 30.2 Å². The standard InChI is InChI=1S/C23H26N2O4/c1-2-3-4-11-16-20(26)29-17-25-21(27)23(24-22(25)28,18-12-7-5-8-13-18)19-14-9-6-10-15-19/h5-10,12-15H,2-4,11,16-17H2,1H3,(H,24,28). The van der Waals surface area contributed by atoms with E-state index in [4.69, 9.17) is 4.74 Å². The van der Waals surface area contributed by atoms with E-state index in [1.54, 1.807) is 24.3 Å². The molecule has 0 radical (unpaired) electrons. The van der Waals surface area contributed by atoms with Crippen LogP contribution in [0.5, 0.6) is 0 Å². The quantitative estimate of drug-likeness (QED) is 0.397. The van der Waals surface area contributed by atoms with Crippen molar-refractivity contribution in [3.63, 3.8) is 0 Å². The first kappa shape index (κ1) is 20.6. The van der Waals surface area contributed by atoms with Crippen LogP contribution in [-0.4, -0.2) is 29.5 Å². The number of rotatable bonds is 9. The molecule has 3 amide bonds. The van der Waals surface area contributed by atoms with Crippen molar-refractivity contribution in [1.82, 2.24) is 10.2 Å². The Balaban J connectivity index is 1.78. The molecule has 0 bridgehead atoms. The molecule has 152 valence electrons. The Hall–Kier alpha value is -3.15. The van der Waals surface area contributed by atoms with Gasteiger partial charge in [-0.2, -0.15) is 0 Å². The second-order valence-corrected chi connectivity index (χ2v) is 7.10. The molecule has 0 atom stereocenters. The maximum absolute atomic E-state index is 13.4. The highest BCUT2D eigenvalue weighted by atomic mass is 16.5. The van der Waals surface area contributed by atoms with Crippen LogP contribution >= 0.6 is 0 Å². The first-order chi connectivity index (χ1) is 14.1. The van der Waals surface area contributed by atoms with Gasteiger partial charge in [0.15, 0.2) is 12.3 Å². The van der Waals surface area contributed by atoms with Crippen LogP contribution in [0.3, 0.4) is 0 Å². The Bertz CT molecular complexity index is 812. The lowest BCUT2D eigenvalue weighted by Gasteiger charge is -2.27. The van der Waals surface area contributed by atoms with Crippen molar-refractivity contribution in [2.24, 2.45) is 0 Å². The van der Waals surface area contributed by atoms with Gasteiger partial charge in [0.25, 0.3) is 5.91 Å². The van der Waals surface area contributed by atoms with Crippen molar-refractivity contribution in [2.75, 3.05) is 6.73 Å². The fourth-order valence-electron chi connectivity index (χ4n) is 3.53. The molecule has 0 aliphatic carbocycles. The second-order valence-electron chi connectivity index (χ2n) is 7.10. The van der Waals surface area contributed by atoms with Crippen molar-refractivity contribution >= 4 is 17.9 Å². The highest BCUT2D eigenvalue weighted by Gasteiger charge is 2.53. The molecule has 0 spiro atoms. The molecule has 1 aliphatic heterocycles. The molecule has 0 aromatic heterocycles. The molecule has 1 aliphatic rings. The smallest absolute Gasteiger partial charge is 0.328 e. The first-order valence-corrected chi connectivity index (χ1v) is 10.0. The van der Waals surface area contributed by atoms with Gasteiger partial charge in [0.1, 0.15) is 0 Å². The summed E-state index contributed by atoms with van der Waals surface area (Å²) in [5.41, 5.74) is -0.0384. The van der Waals surface area contributed by atoms with E-state index in [1.807, 2.05) is 36.4 Å². The third-order valence-corrected chi connectivity index (χ3v) is 5.11. The van der Waals surface area contributed by atoms with Gasteiger partial charge < -0.3 is 10.1 Å². The van der Waals surface area contributed by atoms with Gasteiger partial charge in [-0.05, 0) is 17.5 Å².